The summed E-state index contributed by atoms with van der Waals surface area (Å²) in [7, 11) is 0. The lowest BCUT2D eigenvalue weighted by molar-refractivity contribution is -0.180. The van der Waals surface area contributed by atoms with Gasteiger partial charge >= 0.3 is 0 Å². The molecule has 2 amide bonds. The number of aliphatic hydroxyl groups is 1. The fraction of sp³-hybridized carbons (Fsp3) is 0.263. The molecule has 7 nitrogen and oxygen atoms in total. The molecule has 1 atom stereocenters. The Kier molecular flexibility index (Phi) is 7.13. The second-order valence-electron chi connectivity index (χ2n) is 5.80. The zero-order valence-electron chi connectivity index (χ0n) is 14.5. The number of aliphatic hydroxyl groups excluding tert-OH is 1. The second kappa shape index (κ2) is 9.55. The average molecular weight is 358 g/mol. The summed E-state index contributed by atoms with van der Waals surface area (Å²) in [5.41, 5.74) is 2.38. The molecule has 0 saturated carbocycles. The first-order valence-corrected chi connectivity index (χ1v) is 8.29. The third-order valence-electron chi connectivity index (χ3n) is 3.73. The van der Waals surface area contributed by atoms with E-state index >= 15 is 0 Å². The molecule has 0 radical (unpaired) electrons. The Bertz CT molecular complexity index is 718. The van der Waals surface area contributed by atoms with Gasteiger partial charge in [0.25, 0.3) is 11.8 Å². The largest absolute Gasteiger partial charge is 0.457 e. The summed E-state index contributed by atoms with van der Waals surface area (Å²) < 4.78 is 5.64. The fourth-order valence-electron chi connectivity index (χ4n) is 2.24. The number of benzene rings is 2. The van der Waals surface area contributed by atoms with Crippen LogP contribution in [0, 0.1) is 5.92 Å². The third-order valence-corrected chi connectivity index (χ3v) is 3.73. The van der Waals surface area contributed by atoms with Gasteiger partial charge in [0.1, 0.15) is 11.5 Å². The minimum atomic E-state index is -0.643. The van der Waals surface area contributed by atoms with Crippen LogP contribution in [0.4, 0.5) is 0 Å². The van der Waals surface area contributed by atoms with Crippen molar-refractivity contribution in [3.05, 3.63) is 60.2 Å². The van der Waals surface area contributed by atoms with Crippen LogP contribution in [0.3, 0.4) is 0 Å². The molecule has 0 bridgehead atoms. The molecule has 0 aliphatic heterocycles. The number of nitrogens with one attached hydrogen (secondary N) is 1. The van der Waals surface area contributed by atoms with Crippen molar-refractivity contribution in [3.8, 4) is 11.5 Å². The second-order valence-corrected chi connectivity index (χ2v) is 5.80. The number of amides is 2. The quantitative estimate of drug-likeness (QED) is 0.522. The van der Waals surface area contributed by atoms with Gasteiger partial charge in [-0.1, -0.05) is 25.1 Å². The molecule has 0 spiro atoms. The van der Waals surface area contributed by atoms with Crippen LogP contribution in [-0.4, -0.2) is 33.9 Å². The van der Waals surface area contributed by atoms with Crippen LogP contribution in [0.2, 0.25) is 0 Å². The molecule has 2 rings (SSSR count). The van der Waals surface area contributed by atoms with Gasteiger partial charge in [-0.3, -0.25) is 14.8 Å². The van der Waals surface area contributed by atoms with Gasteiger partial charge in [-0.25, -0.2) is 5.43 Å². The van der Waals surface area contributed by atoms with Gasteiger partial charge in [0.15, 0.2) is 0 Å². The molecule has 26 heavy (non-hydrogen) atoms. The number of hydroxylamine groups is 1. The lowest BCUT2D eigenvalue weighted by atomic mass is 10.1. The van der Waals surface area contributed by atoms with Crippen LogP contribution in [0.15, 0.2) is 54.6 Å². The predicted octanol–water partition coefficient (Wildman–Crippen LogP) is 2.75. The van der Waals surface area contributed by atoms with E-state index in [1.54, 1.807) is 19.1 Å². The van der Waals surface area contributed by atoms with Crippen LogP contribution in [0.25, 0.3) is 0 Å². The van der Waals surface area contributed by atoms with Crippen molar-refractivity contribution in [1.82, 2.24) is 10.6 Å². The Morgan fingerprint density at radius 2 is 1.69 bits per heavy atom. The number of para-hydroxylation sites is 1. The lowest BCUT2D eigenvalue weighted by Crippen LogP contribution is -2.46. The van der Waals surface area contributed by atoms with Crippen molar-refractivity contribution < 1.29 is 24.6 Å². The normalized spacial score (nSPS) is 11.5. The molecule has 2 aromatic carbocycles. The minimum Gasteiger partial charge on any atom is -0.457 e. The number of rotatable bonds is 7. The first-order valence-electron chi connectivity index (χ1n) is 8.29. The molecule has 0 heterocycles. The maximum Gasteiger partial charge on any atom is 0.271 e. The number of hydrogen-bond donors (Lipinski definition) is 3. The third kappa shape index (κ3) is 5.58. The molecule has 7 heteroatoms. The SMILES string of the molecule is C[C@@H](CCCO)C(=O)N(O)NC(=O)c1ccc(Oc2ccccc2)cc1. The monoisotopic (exact) mass is 358 g/mol. The molecule has 0 saturated heterocycles. The molecule has 138 valence electrons. The first-order chi connectivity index (χ1) is 12.5. The van der Waals surface area contributed by atoms with E-state index in [9.17, 15) is 14.8 Å². The van der Waals surface area contributed by atoms with Crippen LogP contribution in [0.5, 0.6) is 11.5 Å². The molecule has 0 fully saturated rings. The zero-order chi connectivity index (χ0) is 18.9. The lowest BCUT2D eigenvalue weighted by Gasteiger charge is -2.19. The van der Waals surface area contributed by atoms with Crippen LogP contribution >= 0.6 is 0 Å². The Morgan fingerprint density at radius 1 is 1.08 bits per heavy atom. The van der Waals surface area contributed by atoms with Gasteiger partial charge in [-0.05, 0) is 49.2 Å². The highest BCUT2D eigenvalue weighted by molar-refractivity contribution is 5.95. The number of hydrogen-bond acceptors (Lipinski definition) is 5. The molecule has 0 unspecified atom stereocenters. The van der Waals surface area contributed by atoms with E-state index in [0.717, 1.165) is 0 Å². The molecule has 0 aromatic heterocycles. The Labute approximate surface area is 151 Å². The summed E-state index contributed by atoms with van der Waals surface area (Å²) in [6.45, 7) is 1.58. The molecule has 0 aliphatic rings. The van der Waals surface area contributed by atoms with Crippen molar-refractivity contribution in [2.75, 3.05) is 6.61 Å². The van der Waals surface area contributed by atoms with E-state index in [1.807, 2.05) is 30.3 Å². The van der Waals surface area contributed by atoms with E-state index in [1.165, 1.54) is 12.1 Å². The van der Waals surface area contributed by atoms with Crippen LogP contribution < -0.4 is 10.2 Å². The zero-order valence-corrected chi connectivity index (χ0v) is 14.5. The van der Waals surface area contributed by atoms with Crippen LogP contribution in [-0.2, 0) is 4.79 Å². The van der Waals surface area contributed by atoms with E-state index < -0.39 is 17.7 Å². The van der Waals surface area contributed by atoms with Crippen molar-refractivity contribution in [2.45, 2.75) is 19.8 Å². The highest BCUT2D eigenvalue weighted by Gasteiger charge is 2.21. The van der Waals surface area contributed by atoms with Crippen molar-refractivity contribution >= 4 is 11.8 Å². The highest BCUT2D eigenvalue weighted by atomic mass is 16.6. The topological polar surface area (TPSA) is 99.1 Å². The maximum atomic E-state index is 12.1. The molecule has 0 aliphatic carbocycles. The summed E-state index contributed by atoms with van der Waals surface area (Å²) in [4.78, 5) is 24.1. The highest BCUT2D eigenvalue weighted by Crippen LogP contribution is 2.21. The molecule has 3 N–H and O–H groups in total. The molecule has 2 aromatic rings. The number of carbonyl (C=O) groups is 2. The van der Waals surface area contributed by atoms with Gasteiger partial charge in [0, 0.05) is 18.1 Å². The maximum absolute atomic E-state index is 12.1. The number of ether oxygens (including phenoxy) is 1. The average Bonchev–Trinajstić information content (AvgIpc) is 2.66. The van der Waals surface area contributed by atoms with E-state index in [0.29, 0.717) is 24.3 Å². The standard InChI is InChI=1S/C19H22N2O5/c1-14(6-5-13-22)19(24)21(25)20-18(23)15-9-11-17(12-10-15)26-16-7-3-2-4-8-16/h2-4,7-12,14,22,25H,5-6,13H2,1H3,(H,20,23)/t14-/m0/s1. The summed E-state index contributed by atoms with van der Waals surface area (Å²) >= 11 is 0. The van der Waals surface area contributed by atoms with Crippen molar-refractivity contribution in [1.29, 1.82) is 0 Å². The molecular weight excluding hydrogens is 336 g/mol. The summed E-state index contributed by atoms with van der Waals surface area (Å²) in [6.07, 6.45) is 0.853. The van der Waals surface area contributed by atoms with Gasteiger partial charge in [0.05, 0.1) is 0 Å². The Morgan fingerprint density at radius 3 is 2.31 bits per heavy atom. The summed E-state index contributed by atoms with van der Waals surface area (Å²) in [5, 5.41) is 18.7. The van der Waals surface area contributed by atoms with E-state index in [4.69, 9.17) is 9.84 Å². The van der Waals surface area contributed by atoms with E-state index in [-0.39, 0.29) is 17.3 Å². The Hall–Kier alpha value is -2.90. The number of carbonyl (C=O) groups excluding carboxylic acids is 2. The summed E-state index contributed by atoms with van der Waals surface area (Å²) in [5.74, 6) is -0.553. The van der Waals surface area contributed by atoms with Crippen LogP contribution in [0.1, 0.15) is 30.1 Å². The Balaban J connectivity index is 1.91. The minimum absolute atomic E-state index is 0.0349. The van der Waals surface area contributed by atoms with Gasteiger partial charge in [-0.2, -0.15) is 0 Å². The number of hydrazine groups is 1. The van der Waals surface area contributed by atoms with E-state index in [2.05, 4.69) is 5.43 Å². The fourth-order valence-corrected chi connectivity index (χ4v) is 2.24. The predicted molar refractivity (Wildman–Crippen MR) is 94.5 cm³/mol. The van der Waals surface area contributed by atoms with Gasteiger partial charge in [-0.15, -0.1) is 5.17 Å². The van der Waals surface area contributed by atoms with Gasteiger partial charge < -0.3 is 9.84 Å². The molecular formula is C19H22N2O5. The van der Waals surface area contributed by atoms with Crippen molar-refractivity contribution in [2.24, 2.45) is 5.92 Å². The van der Waals surface area contributed by atoms with Gasteiger partial charge in [0.2, 0.25) is 0 Å². The van der Waals surface area contributed by atoms with Crippen molar-refractivity contribution in [3.63, 3.8) is 0 Å². The number of nitrogens with zero attached hydrogens (tertiary/aromatic N) is 1. The first kappa shape index (κ1) is 19.4. The summed E-state index contributed by atoms with van der Waals surface area (Å²) in [6, 6.07) is 15.5. The smallest absolute Gasteiger partial charge is 0.271 e.